The minimum Gasteiger partial charge on any atom is -0.332 e. The number of nitrogens with zero attached hydrogens (tertiary/aromatic N) is 1. The highest BCUT2D eigenvalue weighted by atomic mass is 35.5. The normalized spacial score (nSPS) is 10.0. The molecule has 2 N–H and O–H groups in total. The third kappa shape index (κ3) is 4.48. The van der Waals surface area contributed by atoms with E-state index >= 15 is 0 Å². The predicted molar refractivity (Wildman–Crippen MR) is 93.0 cm³/mol. The van der Waals surface area contributed by atoms with Gasteiger partial charge in [-0.3, -0.25) is 20.2 Å². The Labute approximate surface area is 142 Å². The van der Waals surface area contributed by atoms with Gasteiger partial charge in [0.25, 0.3) is 11.6 Å². The van der Waals surface area contributed by atoms with Gasteiger partial charge in [-0.15, -0.1) is 0 Å². The Balaban J connectivity index is 2.06. The maximum absolute atomic E-state index is 12.1. The number of nitro benzene ring substituents is 1. The van der Waals surface area contributed by atoms with Crippen LogP contribution in [0.15, 0.2) is 42.5 Å². The molecule has 1 amide bonds. The molecule has 0 spiro atoms. The molecular formula is C15H12ClN3O3S. The molecule has 6 nitrogen and oxygen atoms in total. The summed E-state index contributed by atoms with van der Waals surface area (Å²) in [7, 11) is 0. The first-order valence-electron chi connectivity index (χ1n) is 6.50. The number of carbonyl (C=O) groups excluding carboxylic acids is 1. The van der Waals surface area contributed by atoms with Crippen LogP contribution in [0.5, 0.6) is 0 Å². The summed E-state index contributed by atoms with van der Waals surface area (Å²) in [6.45, 7) is 1.60. The maximum Gasteiger partial charge on any atom is 0.273 e. The Hall–Kier alpha value is -2.51. The molecule has 2 rings (SSSR count). The van der Waals surface area contributed by atoms with Crippen molar-refractivity contribution >= 4 is 46.2 Å². The van der Waals surface area contributed by atoms with Crippen LogP contribution in [-0.4, -0.2) is 15.9 Å². The zero-order valence-corrected chi connectivity index (χ0v) is 13.6. The van der Waals surface area contributed by atoms with Crippen LogP contribution in [0, 0.1) is 17.0 Å². The van der Waals surface area contributed by atoms with Crippen LogP contribution in [0.4, 0.5) is 11.4 Å². The monoisotopic (exact) mass is 349 g/mol. The Bertz CT molecular complexity index is 778. The van der Waals surface area contributed by atoms with Crippen LogP contribution in [-0.2, 0) is 0 Å². The summed E-state index contributed by atoms with van der Waals surface area (Å²) in [6.07, 6.45) is 0. The van der Waals surface area contributed by atoms with E-state index in [4.69, 9.17) is 23.8 Å². The second-order valence-corrected chi connectivity index (χ2v) is 5.52. The van der Waals surface area contributed by atoms with Crippen molar-refractivity contribution in [1.82, 2.24) is 5.32 Å². The van der Waals surface area contributed by atoms with Gasteiger partial charge in [0.1, 0.15) is 0 Å². The molecule has 0 aromatic heterocycles. The Morgan fingerprint density at radius 3 is 2.48 bits per heavy atom. The number of hydrogen-bond donors (Lipinski definition) is 2. The first-order chi connectivity index (χ1) is 10.9. The number of nitrogens with one attached hydrogen (secondary N) is 2. The average Bonchev–Trinajstić information content (AvgIpc) is 2.49. The van der Waals surface area contributed by atoms with E-state index in [2.05, 4.69) is 10.6 Å². The number of aryl methyl sites for hydroxylation is 1. The highest BCUT2D eigenvalue weighted by Crippen LogP contribution is 2.19. The van der Waals surface area contributed by atoms with Crippen LogP contribution in [0.3, 0.4) is 0 Å². The van der Waals surface area contributed by atoms with E-state index in [1.54, 1.807) is 31.2 Å². The summed E-state index contributed by atoms with van der Waals surface area (Å²) in [5, 5.41) is 16.9. The van der Waals surface area contributed by atoms with E-state index in [0.29, 0.717) is 16.3 Å². The molecule has 0 radical (unpaired) electrons. The van der Waals surface area contributed by atoms with Crippen molar-refractivity contribution < 1.29 is 9.72 Å². The quantitative estimate of drug-likeness (QED) is 0.501. The smallest absolute Gasteiger partial charge is 0.273 e. The first-order valence-corrected chi connectivity index (χ1v) is 7.28. The lowest BCUT2D eigenvalue weighted by Crippen LogP contribution is -2.34. The molecule has 0 aliphatic carbocycles. The van der Waals surface area contributed by atoms with Gasteiger partial charge < -0.3 is 5.32 Å². The van der Waals surface area contributed by atoms with E-state index in [0.717, 1.165) is 0 Å². The molecule has 0 fully saturated rings. The van der Waals surface area contributed by atoms with Gasteiger partial charge in [-0.2, -0.15) is 0 Å². The molecule has 0 unspecified atom stereocenters. The molecule has 0 saturated carbocycles. The standard InChI is InChI=1S/C15H12ClN3O3S/c1-9-2-3-10(8-13(9)19(21)22)14(20)18-15(23)17-12-6-4-11(16)5-7-12/h2-8H,1H3,(H2,17,18,20,23). The zero-order valence-electron chi connectivity index (χ0n) is 12.0. The fourth-order valence-corrected chi connectivity index (χ4v) is 2.15. The fraction of sp³-hybridized carbons (Fsp3) is 0.0667. The maximum atomic E-state index is 12.1. The number of carbonyl (C=O) groups is 1. The van der Waals surface area contributed by atoms with Gasteiger partial charge in [-0.05, 0) is 49.5 Å². The summed E-state index contributed by atoms with van der Waals surface area (Å²) in [4.78, 5) is 22.5. The van der Waals surface area contributed by atoms with Gasteiger partial charge in [-0.25, -0.2) is 0 Å². The second kappa shape index (κ2) is 7.17. The van der Waals surface area contributed by atoms with E-state index in [1.807, 2.05) is 0 Å². The molecule has 0 aliphatic heterocycles. The molecule has 118 valence electrons. The topological polar surface area (TPSA) is 84.3 Å². The molecule has 0 bridgehead atoms. The highest BCUT2D eigenvalue weighted by molar-refractivity contribution is 7.80. The molecule has 0 atom stereocenters. The van der Waals surface area contributed by atoms with Crippen molar-refractivity contribution in [2.45, 2.75) is 6.92 Å². The van der Waals surface area contributed by atoms with Crippen molar-refractivity contribution in [3.05, 3.63) is 68.7 Å². The third-order valence-electron chi connectivity index (χ3n) is 3.00. The van der Waals surface area contributed by atoms with E-state index < -0.39 is 10.8 Å². The number of nitro groups is 1. The summed E-state index contributed by atoms with van der Waals surface area (Å²) >= 11 is 10.8. The van der Waals surface area contributed by atoms with Gasteiger partial charge >= 0.3 is 0 Å². The number of hydrogen-bond acceptors (Lipinski definition) is 4. The molecule has 0 saturated heterocycles. The number of benzene rings is 2. The minimum absolute atomic E-state index is 0.0838. The highest BCUT2D eigenvalue weighted by Gasteiger charge is 2.15. The molecule has 23 heavy (non-hydrogen) atoms. The number of anilines is 1. The summed E-state index contributed by atoms with van der Waals surface area (Å²) in [6, 6.07) is 11.0. The Kier molecular flexibility index (Phi) is 5.25. The average molecular weight is 350 g/mol. The molecule has 8 heteroatoms. The van der Waals surface area contributed by atoms with Crippen LogP contribution < -0.4 is 10.6 Å². The van der Waals surface area contributed by atoms with E-state index in [9.17, 15) is 14.9 Å². The predicted octanol–water partition coefficient (Wildman–Crippen LogP) is 3.68. The number of rotatable bonds is 3. The van der Waals surface area contributed by atoms with Crippen LogP contribution in [0.2, 0.25) is 5.02 Å². The molecular weight excluding hydrogens is 338 g/mol. The van der Waals surface area contributed by atoms with Gasteiger partial charge in [0.15, 0.2) is 5.11 Å². The lowest BCUT2D eigenvalue weighted by Gasteiger charge is -2.10. The van der Waals surface area contributed by atoms with Gasteiger partial charge in [0.2, 0.25) is 0 Å². The molecule has 0 heterocycles. The van der Waals surface area contributed by atoms with Gasteiger partial charge in [0, 0.05) is 27.9 Å². The molecule has 0 aliphatic rings. The lowest BCUT2D eigenvalue weighted by atomic mass is 10.1. The van der Waals surface area contributed by atoms with Crippen molar-refractivity contribution in [2.75, 3.05) is 5.32 Å². The molecule has 2 aromatic carbocycles. The van der Waals surface area contributed by atoms with Crippen molar-refractivity contribution in [1.29, 1.82) is 0 Å². The van der Waals surface area contributed by atoms with Crippen molar-refractivity contribution in [3.63, 3.8) is 0 Å². The number of halogens is 1. The number of amides is 1. The fourth-order valence-electron chi connectivity index (χ4n) is 1.82. The number of thiocarbonyl (C=S) groups is 1. The Morgan fingerprint density at radius 1 is 1.22 bits per heavy atom. The summed E-state index contributed by atoms with van der Waals surface area (Å²) in [5.74, 6) is -0.528. The Morgan fingerprint density at radius 2 is 1.87 bits per heavy atom. The van der Waals surface area contributed by atoms with Gasteiger partial charge in [0.05, 0.1) is 4.92 Å². The largest absolute Gasteiger partial charge is 0.332 e. The van der Waals surface area contributed by atoms with Crippen molar-refractivity contribution in [2.24, 2.45) is 0 Å². The molecule has 2 aromatic rings. The van der Waals surface area contributed by atoms with E-state index in [-0.39, 0.29) is 16.4 Å². The van der Waals surface area contributed by atoms with E-state index in [1.165, 1.54) is 18.2 Å². The van der Waals surface area contributed by atoms with Crippen molar-refractivity contribution in [3.8, 4) is 0 Å². The SMILES string of the molecule is Cc1ccc(C(=O)NC(=S)Nc2ccc(Cl)cc2)cc1[N+](=O)[O-]. The van der Waals surface area contributed by atoms with Crippen LogP contribution >= 0.6 is 23.8 Å². The van der Waals surface area contributed by atoms with Crippen LogP contribution in [0.1, 0.15) is 15.9 Å². The minimum atomic E-state index is -0.531. The van der Waals surface area contributed by atoms with Gasteiger partial charge in [-0.1, -0.05) is 17.7 Å². The summed E-state index contributed by atoms with van der Waals surface area (Å²) in [5.41, 5.74) is 1.18. The lowest BCUT2D eigenvalue weighted by molar-refractivity contribution is -0.385. The first kappa shape index (κ1) is 16.9. The third-order valence-corrected chi connectivity index (χ3v) is 3.45. The summed E-state index contributed by atoms with van der Waals surface area (Å²) < 4.78 is 0. The second-order valence-electron chi connectivity index (χ2n) is 4.67. The van der Waals surface area contributed by atoms with Crippen LogP contribution in [0.25, 0.3) is 0 Å². The zero-order chi connectivity index (χ0) is 17.0.